The fourth-order valence-electron chi connectivity index (χ4n) is 2.03. The van der Waals surface area contributed by atoms with Gasteiger partial charge in [-0.15, -0.1) is 0 Å². The number of methoxy groups -OCH3 is 1. The molecule has 0 aromatic heterocycles. The van der Waals surface area contributed by atoms with Gasteiger partial charge in [-0.2, -0.15) is 0 Å². The Hall–Kier alpha value is -2.01. The molecule has 0 bridgehead atoms. The van der Waals surface area contributed by atoms with E-state index in [4.69, 9.17) is 4.74 Å². The monoisotopic (exact) mass is 348 g/mol. The van der Waals surface area contributed by atoms with Crippen molar-refractivity contribution in [3.05, 3.63) is 52.0 Å². The van der Waals surface area contributed by atoms with Crippen LogP contribution in [0.1, 0.15) is 15.9 Å². The Morgan fingerprint density at radius 1 is 1.14 bits per heavy atom. The van der Waals surface area contributed by atoms with E-state index in [9.17, 15) is 4.79 Å². The highest BCUT2D eigenvalue weighted by Crippen LogP contribution is 2.25. The van der Waals surface area contributed by atoms with Crippen LogP contribution in [0.25, 0.3) is 0 Å². The number of anilines is 2. The van der Waals surface area contributed by atoms with Gasteiger partial charge in [0.2, 0.25) is 0 Å². The Kier molecular flexibility index (Phi) is 4.85. The van der Waals surface area contributed by atoms with Gasteiger partial charge in [-0.1, -0.05) is 15.9 Å². The standard InChI is InChI=1S/C16H17BrN2O2/c1-10-6-12(18-2)4-5-15(10)16(20)19-13-7-11(17)8-14(9-13)21-3/h4-9,18H,1-3H3,(H,19,20). The molecule has 0 aliphatic carbocycles. The van der Waals surface area contributed by atoms with Gasteiger partial charge in [0, 0.05) is 34.5 Å². The normalized spacial score (nSPS) is 10.1. The van der Waals surface area contributed by atoms with Crippen molar-refractivity contribution in [2.75, 3.05) is 24.8 Å². The average molecular weight is 349 g/mol. The number of amides is 1. The van der Waals surface area contributed by atoms with Crippen molar-refractivity contribution < 1.29 is 9.53 Å². The number of aryl methyl sites for hydroxylation is 1. The van der Waals surface area contributed by atoms with Crippen LogP contribution in [-0.4, -0.2) is 20.1 Å². The molecule has 2 aromatic rings. The number of carbonyl (C=O) groups is 1. The Balaban J connectivity index is 2.23. The van der Waals surface area contributed by atoms with Crippen LogP contribution >= 0.6 is 15.9 Å². The lowest BCUT2D eigenvalue weighted by Crippen LogP contribution is -2.13. The fourth-order valence-corrected chi connectivity index (χ4v) is 2.50. The summed E-state index contributed by atoms with van der Waals surface area (Å²) in [4.78, 5) is 12.4. The summed E-state index contributed by atoms with van der Waals surface area (Å²) in [6.45, 7) is 1.91. The van der Waals surface area contributed by atoms with E-state index < -0.39 is 0 Å². The third-order valence-corrected chi connectivity index (χ3v) is 3.58. The summed E-state index contributed by atoms with van der Waals surface area (Å²) in [5.74, 6) is 0.539. The molecule has 0 fully saturated rings. The minimum absolute atomic E-state index is 0.143. The third kappa shape index (κ3) is 3.76. The molecule has 0 spiro atoms. The number of rotatable bonds is 4. The van der Waals surface area contributed by atoms with Crippen LogP contribution in [0.2, 0.25) is 0 Å². The highest BCUT2D eigenvalue weighted by Gasteiger charge is 2.10. The molecule has 0 saturated heterocycles. The molecule has 0 aliphatic heterocycles. The van der Waals surface area contributed by atoms with E-state index >= 15 is 0 Å². The molecule has 110 valence electrons. The highest BCUT2D eigenvalue weighted by atomic mass is 79.9. The van der Waals surface area contributed by atoms with Crippen LogP contribution in [0.15, 0.2) is 40.9 Å². The van der Waals surface area contributed by atoms with Gasteiger partial charge in [-0.25, -0.2) is 0 Å². The minimum Gasteiger partial charge on any atom is -0.497 e. The van der Waals surface area contributed by atoms with E-state index in [2.05, 4.69) is 26.6 Å². The molecule has 0 heterocycles. The SMILES string of the molecule is CNc1ccc(C(=O)Nc2cc(Br)cc(OC)c2)c(C)c1. The number of ether oxygens (including phenoxy) is 1. The summed E-state index contributed by atoms with van der Waals surface area (Å²) >= 11 is 3.39. The predicted molar refractivity (Wildman–Crippen MR) is 89.4 cm³/mol. The lowest BCUT2D eigenvalue weighted by atomic mass is 10.1. The van der Waals surface area contributed by atoms with Crippen LogP contribution in [0, 0.1) is 6.92 Å². The third-order valence-electron chi connectivity index (χ3n) is 3.12. The van der Waals surface area contributed by atoms with Gasteiger partial charge in [0.05, 0.1) is 7.11 Å². The first-order chi connectivity index (χ1) is 10.0. The highest BCUT2D eigenvalue weighted by molar-refractivity contribution is 9.10. The largest absolute Gasteiger partial charge is 0.497 e. The predicted octanol–water partition coefficient (Wildman–Crippen LogP) is 4.06. The second-order valence-electron chi connectivity index (χ2n) is 4.61. The number of benzene rings is 2. The van der Waals surface area contributed by atoms with Gasteiger partial charge in [0.1, 0.15) is 5.75 Å². The summed E-state index contributed by atoms with van der Waals surface area (Å²) in [5.41, 5.74) is 3.23. The van der Waals surface area contributed by atoms with Gasteiger partial charge in [0.25, 0.3) is 5.91 Å². The molecule has 0 radical (unpaired) electrons. The molecule has 0 saturated carbocycles. The summed E-state index contributed by atoms with van der Waals surface area (Å²) in [7, 11) is 3.44. The maximum atomic E-state index is 12.4. The van der Waals surface area contributed by atoms with E-state index in [0.717, 1.165) is 15.7 Å². The number of halogens is 1. The number of hydrogen-bond donors (Lipinski definition) is 2. The van der Waals surface area contributed by atoms with Gasteiger partial charge in [-0.3, -0.25) is 4.79 Å². The van der Waals surface area contributed by atoms with Gasteiger partial charge in [0.15, 0.2) is 0 Å². The van der Waals surface area contributed by atoms with Crippen LogP contribution in [0.3, 0.4) is 0 Å². The molecular formula is C16H17BrN2O2. The van der Waals surface area contributed by atoms with E-state index in [-0.39, 0.29) is 5.91 Å². The van der Waals surface area contributed by atoms with Crippen molar-refractivity contribution in [3.63, 3.8) is 0 Å². The molecular weight excluding hydrogens is 332 g/mol. The number of nitrogens with one attached hydrogen (secondary N) is 2. The zero-order valence-electron chi connectivity index (χ0n) is 12.2. The van der Waals surface area contributed by atoms with Crippen molar-refractivity contribution in [2.45, 2.75) is 6.92 Å². The first-order valence-electron chi connectivity index (χ1n) is 6.48. The first kappa shape index (κ1) is 15.4. The maximum absolute atomic E-state index is 12.4. The second-order valence-corrected chi connectivity index (χ2v) is 5.53. The molecule has 2 rings (SSSR count). The minimum atomic E-state index is -0.143. The van der Waals surface area contributed by atoms with Crippen molar-refractivity contribution in [3.8, 4) is 5.75 Å². The van der Waals surface area contributed by atoms with Crippen molar-refractivity contribution in [1.82, 2.24) is 0 Å². The quantitative estimate of drug-likeness (QED) is 0.875. The molecule has 0 aliphatic rings. The van der Waals surface area contributed by atoms with Crippen molar-refractivity contribution in [1.29, 1.82) is 0 Å². The first-order valence-corrected chi connectivity index (χ1v) is 7.27. The second kappa shape index (κ2) is 6.63. The van der Waals surface area contributed by atoms with E-state index in [1.54, 1.807) is 13.2 Å². The average Bonchev–Trinajstić information content (AvgIpc) is 2.46. The van der Waals surface area contributed by atoms with Gasteiger partial charge < -0.3 is 15.4 Å². The summed E-state index contributed by atoms with van der Waals surface area (Å²) < 4.78 is 6.03. The number of hydrogen-bond acceptors (Lipinski definition) is 3. The Labute approximate surface area is 132 Å². The zero-order chi connectivity index (χ0) is 15.4. The molecule has 0 unspecified atom stereocenters. The molecule has 5 heteroatoms. The molecule has 2 N–H and O–H groups in total. The van der Waals surface area contributed by atoms with Crippen molar-refractivity contribution in [2.24, 2.45) is 0 Å². The van der Waals surface area contributed by atoms with Crippen LogP contribution in [0.5, 0.6) is 5.75 Å². The summed E-state index contributed by atoms with van der Waals surface area (Å²) in [5, 5.41) is 5.93. The van der Waals surface area contributed by atoms with Crippen molar-refractivity contribution >= 4 is 33.2 Å². The van der Waals surface area contributed by atoms with Gasteiger partial charge >= 0.3 is 0 Å². The Morgan fingerprint density at radius 2 is 1.90 bits per heavy atom. The lowest BCUT2D eigenvalue weighted by Gasteiger charge is -2.11. The molecule has 1 amide bonds. The molecule has 4 nitrogen and oxygen atoms in total. The number of carbonyl (C=O) groups excluding carboxylic acids is 1. The van der Waals surface area contributed by atoms with Crippen LogP contribution in [-0.2, 0) is 0 Å². The van der Waals surface area contributed by atoms with E-state index in [0.29, 0.717) is 17.0 Å². The fraction of sp³-hybridized carbons (Fsp3) is 0.188. The summed E-state index contributed by atoms with van der Waals surface area (Å²) in [6.07, 6.45) is 0. The lowest BCUT2D eigenvalue weighted by molar-refractivity contribution is 0.102. The van der Waals surface area contributed by atoms with Gasteiger partial charge in [-0.05, 0) is 42.8 Å². The topological polar surface area (TPSA) is 50.4 Å². The van der Waals surface area contributed by atoms with E-state index in [1.165, 1.54) is 0 Å². The smallest absolute Gasteiger partial charge is 0.255 e. The molecule has 21 heavy (non-hydrogen) atoms. The summed E-state index contributed by atoms with van der Waals surface area (Å²) in [6, 6.07) is 11.1. The zero-order valence-corrected chi connectivity index (χ0v) is 13.7. The Bertz CT molecular complexity index is 671. The van der Waals surface area contributed by atoms with Crippen LogP contribution in [0.4, 0.5) is 11.4 Å². The van der Waals surface area contributed by atoms with Crippen LogP contribution < -0.4 is 15.4 Å². The Morgan fingerprint density at radius 3 is 2.52 bits per heavy atom. The molecule has 2 aromatic carbocycles. The van der Waals surface area contributed by atoms with E-state index in [1.807, 2.05) is 44.3 Å². The maximum Gasteiger partial charge on any atom is 0.255 e. The molecule has 0 atom stereocenters.